The summed E-state index contributed by atoms with van der Waals surface area (Å²) in [7, 11) is 0. The molecular weight excluding hydrogens is 733 g/mol. The number of hydrogen-bond donors (Lipinski definition) is 8. The summed E-state index contributed by atoms with van der Waals surface area (Å²) in [5, 5.41) is 22.2. The Morgan fingerprint density at radius 3 is 1.37 bits per heavy atom. The van der Waals surface area contributed by atoms with Gasteiger partial charge in [0, 0.05) is 59.5 Å². The molecule has 0 radical (unpaired) electrons. The molecule has 2 aliphatic rings. The van der Waals surface area contributed by atoms with Crippen LogP contribution >= 0.6 is 23.5 Å². The van der Waals surface area contributed by atoms with E-state index in [2.05, 4.69) is 52.5 Å². The van der Waals surface area contributed by atoms with E-state index >= 15 is 0 Å². The van der Waals surface area contributed by atoms with Crippen LogP contribution in [0.2, 0.25) is 0 Å². The second-order valence-corrected chi connectivity index (χ2v) is 17.5. The summed E-state index contributed by atoms with van der Waals surface area (Å²) in [6.07, 6.45) is 3.19. The molecule has 2 aliphatic heterocycles. The number of nitrogens with one attached hydrogen (secondary N) is 8. The van der Waals surface area contributed by atoms with Gasteiger partial charge in [0.05, 0.1) is 23.6 Å². The van der Waals surface area contributed by atoms with Crippen molar-refractivity contribution >= 4 is 59.0 Å². The van der Waals surface area contributed by atoms with E-state index in [1.165, 1.54) is 23.5 Å². The van der Waals surface area contributed by atoms with Gasteiger partial charge in [0.2, 0.25) is 35.4 Å². The molecule has 0 spiro atoms. The van der Waals surface area contributed by atoms with E-state index in [0.717, 1.165) is 0 Å². The second kappa shape index (κ2) is 19.4. The number of carbonyl (C=O) groups is 6. The maximum Gasteiger partial charge on any atom is 0.245 e. The normalized spacial score (nSPS) is 22.3. The highest BCUT2D eigenvalue weighted by molar-refractivity contribution is 8.01. The Balaban J connectivity index is 1.30. The van der Waals surface area contributed by atoms with Gasteiger partial charge in [-0.3, -0.25) is 49.4 Å². The van der Waals surface area contributed by atoms with Gasteiger partial charge in [-0.25, -0.2) is 0 Å². The molecule has 2 aromatic heterocycles. The SMILES string of the molecule is CCNC(=O)[C@@H](NC(=O)Cc1ccccn1)[C@@H]1N[C@@H](C(=O)NCCNC(=O)[C@@H]2N[C@@H]([C@H](NC(=O)Cc3ccccn3)C(=O)NCC)SC2(C)C)C(C)(C)S1. The Kier molecular flexibility index (Phi) is 15.2. The molecule has 8 N–H and O–H groups in total. The lowest BCUT2D eigenvalue weighted by Gasteiger charge is -2.25. The zero-order chi connectivity index (χ0) is 39.5. The summed E-state index contributed by atoms with van der Waals surface area (Å²) in [5.74, 6) is -2.12. The molecular formula is C36H52N10O6S2. The van der Waals surface area contributed by atoms with Gasteiger partial charge in [0.25, 0.3) is 0 Å². The molecule has 0 unspecified atom stereocenters. The van der Waals surface area contributed by atoms with E-state index in [1.807, 2.05) is 27.7 Å². The van der Waals surface area contributed by atoms with Crippen LogP contribution in [0, 0.1) is 0 Å². The molecule has 2 saturated heterocycles. The van der Waals surface area contributed by atoms with Crippen LogP contribution in [0.25, 0.3) is 0 Å². The molecule has 2 aromatic rings. The summed E-state index contributed by atoms with van der Waals surface area (Å²) in [5.41, 5.74) is 1.13. The molecule has 6 amide bonds. The van der Waals surface area contributed by atoms with Crippen LogP contribution in [0.5, 0.6) is 0 Å². The molecule has 0 aromatic carbocycles. The van der Waals surface area contributed by atoms with E-state index in [9.17, 15) is 28.8 Å². The Bertz CT molecular complexity index is 1510. The van der Waals surface area contributed by atoms with Crippen LogP contribution in [0.15, 0.2) is 48.8 Å². The summed E-state index contributed by atoms with van der Waals surface area (Å²) >= 11 is 2.77. The van der Waals surface area contributed by atoms with E-state index < -0.39 is 44.4 Å². The number of thioether (sulfide) groups is 2. The third-order valence-electron chi connectivity index (χ3n) is 8.80. The van der Waals surface area contributed by atoms with Crippen LogP contribution in [-0.4, -0.2) is 116 Å². The van der Waals surface area contributed by atoms with Crippen molar-refractivity contribution in [3.05, 3.63) is 60.2 Å². The van der Waals surface area contributed by atoms with Crippen molar-refractivity contribution < 1.29 is 28.8 Å². The number of hydrogen-bond acceptors (Lipinski definition) is 12. The Morgan fingerprint density at radius 2 is 1.04 bits per heavy atom. The van der Waals surface area contributed by atoms with E-state index in [1.54, 1.807) is 62.6 Å². The number of pyridine rings is 2. The molecule has 2 fully saturated rings. The maximum absolute atomic E-state index is 13.4. The average molecular weight is 785 g/mol. The smallest absolute Gasteiger partial charge is 0.245 e. The molecule has 294 valence electrons. The molecule has 4 rings (SSSR count). The van der Waals surface area contributed by atoms with Crippen molar-refractivity contribution in [3.8, 4) is 0 Å². The fourth-order valence-electron chi connectivity index (χ4n) is 6.18. The summed E-state index contributed by atoms with van der Waals surface area (Å²) < 4.78 is -1.29. The van der Waals surface area contributed by atoms with Crippen molar-refractivity contribution in [2.45, 2.75) is 98.8 Å². The minimum Gasteiger partial charge on any atom is -0.355 e. The first kappa shape index (κ1) is 42.5. The molecule has 16 nitrogen and oxygen atoms in total. The van der Waals surface area contributed by atoms with Crippen LogP contribution in [0.4, 0.5) is 0 Å². The zero-order valence-corrected chi connectivity index (χ0v) is 33.1. The zero-order valence-electron chi connectivity index (χ0n) is 31.5. The van der Waals surface area contributed by atoms with E-state index in [0.29, 0.717) is 24.5 Å². The van der Waals surface area contributed by atoms with Crippen molar-refractivity contribution in [3.63, 3.8) is 0 Å². The number of amides is 6. The maximum atomic E-state index is 13.4. The lowest BCUT2D eigenvalue weighted by molar-refractivity contribution is -0.129. The van der Waals surface area contributed by atoms with Gasteiger partial charge in [-0.1, -0.05) is 12.1 Å². The lowest BCUT2D eigenvalue weighted by Crippen LogP contribution is -2.59. The molecule has 54 heavy (non-hydrogen) atoms. The van der Waals surface area contributed by atoms with Crippen molar-refractivity contribution in [2.24, 2.45) is 0 Å². The Hall–Kier alpha value is -4.26. The standard InChI is InChI=1S/C36H52N10O6S2/c1-7-37-29(49)25(43-23(47)19-21-13-9-11-15-39-21)33-45-27(35(3,4)53-33)31(51)41-17-18-42-32(52)28-36(5,6)54-34(46-28)26(30(50)38-8-2)44-24(48)20-22-14-10-12-16-40-22/h9-16,25-28,33-34,45-46H,7-8,17-20H2,1-6H3,(H,37,49)(H,38,50)(H,41,51)(H,42,52)(H,43,47)(H,44,48)/t25-,26-,27+,28+,33-,34-/m1/s1. The van der Waals surface area contributed by atoms with E-state index in [4.69, 9.17) is 0 Å². The molecule has 0 saturated carbocycles. The topological polar surface area (TPSA) is 224 Å². The largest absolute Gasteiger partial charge is 0.355 e. The molecule has 0 aliphatic carbocycles. The minimum atomic E-state index is -0.951. The summed E-state index contributed by atoms with van der Waals surface area (Å²) in [6, 6.07) is 7.21. The fourth-order valence-corrected chi connectivity index (χ4v) is 9.18. The Morgan fingerprint density at radius 1 is 0.648 bits per heavy atom. The van der Waals surface area contributed by atoms with Gasteiger partial charge < -0.3 is 31.9 Å². The molecule has 6 atom stereocenters. The first-order valence-corrected chi connectivity index (χ1v) is 19.8. The number of nitrogens with zero attached hydrogens (tertiary/aromatic N) is 2. The Labute approximate surface area is 324 Å². The van der Waals surface area contributed by atoms with Gasteiger partial charge in [-0.15, -0.1) is 23.5 Å². The average Bonchev–Trinajstić information content (AvgIpc) is 3.62. The van der Waals surface area contributed by atoms with E-state index in [-0.39, 0.29) is 61.4 Å². The van der Waals surface area contributed by atoms with Gasteiger partial charge in [-0.2, -0.15) is 0 Å². The minimum absolute atomic E-state index is 0.00191. The highest BCUT2D eigenvalue weighted by Crippen LogP contribution is 2.40. The fraction of sp³-hybridized carbons (Fsp3) is 0.556. The number of aromatic nitrogens is 2. The van der Waals surface area contributed by atoms with Gasteiger partial charge in [0.1, 0.15) is 24.2 Å². The van der Waals surface area contributed by atoms with Crippen molar-refractivity contribution in [1.29, 1.82) is 0 Å². The second-order valence-electron chi connectivity index (χ2n) is 13.9. The molecule has 18 heteroatoms. The molecule has 0 bridgehead atoms. The first-order valence-electron chi connectivity index (χ1n) is 18.0. The third-order valence-corrected chi connectivity index (χ3v) is 11.8. The van der Waals surface area contributed by atoms with Gasteiger partial charge >= 0.3 is 0 Å². The number of likely N-dealkylation sites (N-methyl/N-ethyl adjacent to an activating group) is 2. The highest BCUT2D eigenvalue weighted by Gasteiger charge is 2.50. The number of rotatable bonds is 17. The van der Waals surface area contributed by atoms with Crippen LogP contribution in [-0.2, 0) is 41.6 Å². The molecule has 4 heterocycles. The lowest BCUT2D eigenvalue weighted by atomic mass is 10.0. The van der Waals surface area contributed by atoms with Crippen molar-refractivity contribution in [1.82, 2.24) is 52.5 Å². The van der Waals surface area contributed by atoms with Crippen LogP contribution in [0.1, 0.15) is 52.9 Å². The summed E-state index contributed by atoms with van der Waals surface area (Å²) in [4.78, 5) is 87.3. The first-order chi connectivity index (χ1) is 25.6. The third kappa shape index (κ3) is 11.6. The predicted octanol–water partition coefficient (Wildman–Crippen LogP) is -0.645. The van der Waals surface area contributed by atoms with Gasteiger partial charge in [0.15, 0.2) is 0 Å². The monoisotopic (exact) mass is 784 g/mol. The van der Waals surface area contributed by atoms with Crippen LogP contribution < -0.4 is 42.5 Å². The highest BCUT2D eigenvalue weighted by atomic mass is 32.2. The summed E-state index contributed by atoms with van der Waals surface area (Å²) in [6.45, 7) is 12.1. The van der Waals surface area contributed by atoms with Crippen molar-refractivity contribution in [2.75, 3.05) is 26.2 Å². The predicted molar refractivity (Wildman–Crippen MR) is 208 cm³/mol. The number of carbonyl (C=O) groups excluding carboxylic acids is 6. The van der Waals surface area contributed by atoms with Crippen LogP contribution in [0.3, 0.4) is 0 Å². The van der Waals surface area contributed by atoms with Gasteiger partial charge in [-0.05, 0) is 65.8 Å². The quantitative estimate of drug-likeness (QED) is 0.0939.